The standard InChI is InChI=1S/C12H7N3O2S2/c16-11-10(19-12(17)13-11)5-7-1-3-8(4-2-7)9-6-18-15-14-9/h1-6H,(H,13,16,17)/b10-5-. The number of carbonyl (C=O) groups is 2. The van der Waals surface area contributed by atoms with Crippen LogP contribution in [0.4, 0.5) is 4.79 Å². The van der Waals surface area contributed by atoms with Gasteiger partial charge in [0.2, 0.25) is 0 Å². The van der Waals surface area contributed by atoms with Crippen molar-refractivity contribution in [1.82, 2.24) is 14.9 Å². The van der Waals surface area contributed by atoms with Crippen molar-refractivity contribution in [2.45, 2.75) is 0 Å². The van der Waals surface area contributed by atoms with E-state index in [1.807, 2.05) is 29.6 Å². The highest BCUT2D eigenvalue weighted by molar-refractivity contribution is 8.18. The van der Waals surface area contributed by atoms with Gasteiger partial charge >= 0.3 is 0 Å². The topological polar surface area (TPSA) is 72.0 Å². The molecule has 1 N–H and O–H groups in total. The van der Waals surface area contributed by atoms with Crippen LogP contribution in [-0.4, -0.2) is 20.7 Å². The summed E-state index contributed by atoms with van der Waals surface area (Å²) in [6.07, 6.45) is 1.69. The van der Waals surface area contributed by atoms with E-state index in [2.05, 4.69) is 14.9 Å². The number of amides is 2. The summed E-state index contributed by atoms with van der Waals surface area (Å²) in [5.74, 6) is -0.345. The van der Waals surface area contributed by atoms with Crippen LogP contribution < -0.4 is 5.32 Å². The second-order valence-electron chi connectivity index (χ2n) is 3.76. The fourth-order valence-corrected chi connectivity index (χ4v) is 2.76. The molecule has 2 heterocycles. The number of nitrogens with zero attached hydrogens (tertiary/aromatic N) is 2. The third kappa shape index (κ3) is 2.56. The van der Waals surface area contributed by atoms with Gasteiger partial charge in [0.15, 0.2) is 0 Å². The molecular formula is C12H7N3O2S2. The Morgan fingerprint density at radius 2 is 1.95 bits per heavy atom. The predicted octanol–water partition coefficient (Wildman–Crippen LogP) is 2.53. The summed E-state index contributed by atoms with van der Waals surface area (Å²) in [7, 11) is 0. The minimum Gasteiger partial charge on any atom is -0.282 e. The van der Waals surface area contributed by atoms with Crippen molar-refractivity contribution in [1.29, 1.82) is 0 Å². The minimum absolute atomic E-state index is 0.332. The van der Waals surface area contributed by atoms with Gasteiger partial charge in [-0.25, -0.2) is 0 Å². The minimum atomic E-state index is -0.345. The van der Waals surface area contributed by atoms with E-state index in [1.54, 1.807) is 6.08 Å². The molecule has 3 rings (SSSR count). The number of rotatable bonds is 2. The van der Waals surface area contributed by atoms with E-state index in [4.69, 9.17) is 0 Å². The third-order valence-electron chi connectivity index (χ3n) is 2.51. The zero-order valence-corrected chi connectivity index (χ0v) is 11.1. The Morgan fingerprint density at radius 3 is 2.53 bits per heavy atom. The third-order valence-corrected chi connectivity index (χ3v) is 3.82. The summed E-state index contributed by atoms with van der Waals surface area (Å²) in [5, 5.41) is 7.74. The van der Waals surface area contributed by atoms with Crippen LogP contribution in [0.25, 0.3) is 17.3 Å². The molecule has 1 aromatic heterocycles. The van der Waals surface area contributed by atoms with Gasteiger partial charge in [-0.2, -0.15) is 0 Å². The zero-order chi connectivity index (χ0) is 13.2. The zero-order valence-electron chi connectivity index (χ0n) is 9.49. The van der Waals surface area contributed by atoms with Gasteiger partial charge in [-0.05, 0) is 34.9 Å². The summed E-state index contributed by atoms with van der Waals surface area (Å²) in [6, 6.07) is 7.56. The van der Waals surface area contributed by atoms with Gasteiger partial charge in [0.1, 0.15) is 5.69 Å². The van der Waals surface area contributed by atoms with Crippen molar-refractivity contribution < 1.29 is 9.59 Å². The van der Waals surface area contributed by atoms with Crippen molar-refractivity contribution in [3.8, 4) is 11.3 Å². The van der Waals surface area contributed by atoms with Gasteiger partial charge in [0, 0.05) is 10.9 Å². The monoisotopic (exact) mass is 289 g/mol. The summed E-state index contributed by atoms with van der Waals surface area (Å²) < 4.78 is 3.81. The van der Waals surface area contributed by atoms with E-state index >= 15 is 0 Å². The average Bonchev–Trinajstić information content (AvgIpc) is 3.01. The SMILES string of the molecule is O=C1NC(=O)/C(=C/c2ccc(-c3csnn3)cc2)S1. The average molecular weight is 289 g/mol. The van der Waals surface area contributed by atoms with E-state index in [1.165, 1.54) is 11.5 Å². The highest BCUT2D eigenvalue weighted by Crippen LogP contribution is 2.26. The smallest absolute Gasteiger partial charge is 0.282 e. The molecule has 1 saturated heterocycles. The van der Waals surface area contributed by atoms with E-state index < -0.39 is 0 Å². The van der Waals surface area contributed by atoms with Crippen molar-refractivity contribution >= 4 is 40.5 Å². The number of hydrogen-bond donors (Lipinski definition) is 1. The normalized spacial score (nSPS) is 16.9. The lowest BCUT2D eigenvalue weighted by molar-refractivity contribution is -0.115. The maximum Gasteiger partial charge on any atom is 0.290 e. The van der Waals surface area contributed by atoms with Crippen LogP contribution >= 0.6 is 23.3 Å². The Bertz CT molecular complexity index is 663. The van der Waals surface area contributed by atoms with Crippen LogP contribution in [0.2, 0.25) is 0 Å². The molecule has 19 heavy (non-hydrogen) atoms. The molecule has 0 saturated carbocycles. The van der Waals surface area contributed by atoms with Gasteiger partial charge in [-0.1, -0.05) is 28.8 Å². The van der Waals surface area contributed by atoms with Crippen molar-refractivity contribution in [3.05, 3.63) is 40.1 Å². The molecule has 0 atom stereocenters. The maximum atomic E-state index is 11.4. The molecule has 94 valence electrons. The molecule has 7 heteroatoms. The van der Waals surface area contributed by atoms with Gasteiger partial charge < -0.3 is 0 Å². The number of imide groups is 1. The van der Waals surface area contributed by atoms with Gasteiger partial charge in [0.05, 0.1) is 4.91 Å². The molecule has 0 unspecified atom stereocenters. The van der Waals surface area contributed by atoms with Crippen LogP contribution in [0.5, 0.6) is 0 Å². The second-order valence-corrected chi connectivity index (χ2v) is 5.39. The van der Waals surface area contributed by atoms with E-state index in [-0.39, 0.29) is 11.1 Å². The first-order valence-corrected chi connectivity index (χ1v) is 7.00. The Morgan fingerprint density at radius 1 is 1.16 bits per heavy atom. The molecule has 2 aromatic rings. The largest absolute Gasteiger partial charge is 0.290 e. The number of thioether (sulfide) groups is 1. The molecule has 1 aliphatic rings. The van der Waals surface area contributed by atoms with Crippen LogP contribution in [0.15, 0.2) is 34.6 Å². The molecule has 0 radical (unpaired) electrons. The first kappa shape index (κ1) is 12.1. The van der Waals surface area contributed by atoms with Crippen LogP contribution in [0, 0.1) is 0 Å². The van der Waals surface area contributed by atoms with Crippen molar-refractivity contribution in [2.24, 2.45) is 0 Å². The first-order chi connectivity index (χ1) is 9.22. The summed E-state index contributed by atoms with van der Waals surface area (Å²) in [4.78, 5) is 22.9. The first-order valence-electron chi connectivity index (χ1n) is 5.35. The number of aromatic nitrogens is 2. The molecule has 2 amide bonds. The number of carbonyl (C=O) groups excluding carboxylic acids is 2. The molecular weight excluding hydrogens is 282 g/mol. The molecule has 1 aliphatic heterocycles. The lowest BCUT2D eigenvalue weighted by Gasteiger charge is -1.98. The van der Waals surface area contributed by atoms with Gasteiger partial charge in [-0.15, -0.1) is 5.10 Å². The summed E-state index contributed by atoms with van der Waals surface area (Å²) in [6.45, 7) is 0. The van der Waals surface area contributed by atoms with Crippen LogP contribution in [0.1, 0.15) is 5.56 Å². The highest BCUT2D eigenvalue weighted by atomic mass is 32.2. The molecule has 0 aliphatic carbocycles. The molecule has 0 bridgehead atoms. The summed E-state index contributed by atoms with van der Waals surface area (Å²) >= 11 is 2.21. The van der Waals surface area contributed by atoms with E-state index in [9.17, 15) is 9.59 Å². The second kappa shape index (κ2) is 4.94. The summed E-state index contributed by atoms with van der Waals surface area (Å²) in [5.41, 5.74) is 2.65. The Balaban J connectivity index is 1.86. The maximum absolute atomic E-state index is 11.4. The van der Waals surface area contributed by atoms with Crippen LogP contribution in [-0.2, 0) is 4.79 Å². The lowest BCUT2D eigenvalue weighted by atomic mass is 10.1. The Kier molecular flexibility index (Phi) is 3.14. The number of hydrogen-bond acceptors (Lipinski definition) is 6. The van der Waals surface area contributed by atoms with E-state index in [0.29, 0.717) is 4.91 Å². The fraction of sp³-hybridized carbons (Fsp3) is 0. The molecule has 0 spiro atoms. The van der Waals surface area contributed by atoms with E-state index in [0.717, 1.165) is 28.6 Å². The molecule has 1 fully saturated rings. The number of benzene rings is 1. The fourth-order valence-electron chi connectivity index (χ4n) is 1.61. The van der Waals surface area contributed by atoms with Gasteiger partial charge in [-0.3, -0.25) is 14.9 Å². The molecule has 5 nitrogen and oxygen atoms in total. The van der Waals surface area contributed by atoms with Crippen molar-refractivity contribution in [2.75, 3.05) is 0 Å². The number of nitrogens with one attached hydrogen (secondary N) is 1. The quantitative estimate of drug-likeness (QED) is 0.860. The van der Waals surface area contributed by atoms with Crippen molar-refractivity contribution in [3.63, 3.8) is 0 Å². The Hall–Kier alpha value is -1.99. The predicted molar refractivity (Wildman–Crippen MR) is 74.5 cm³/mol. The lowest BCUT2D eigenvalue weighted by Crippen LogP contribution is -2.17. The molecule has 1 aromatic carbocycles. The van der Waals surface area contributed by atoms with Gasteiger partial charge in [0.25, 0.3) is 11.1 Å². The van der Waals surface area contributed by atoms with Crippen LogP contribution in [0.3, 0.4) is 0 Å². The highest BCUT2D eigenvalue weighted by Gasteiger charge is 2.24. The Labute approximate surface area is 116 Å².